The van der Waals surface area contributed by atoms with Gasteiger partial charge in [-0.1, -0.05) is 38.1 Å². The fraction of sp³-hybridized carbons (Fsp3) is 0.350. The van der Waals surface area contributed by atoms with Crippen LogP contribution in [0, 0.1) is 5.82 Å². The number of amides is 1. The maximum absolute atomic E-state index is 13.3. The first-order chi connectivity index (χ1) is 12.1. The van der Waals surface area contributed by atoms with Crippen LogP contribution in [0.4, 0.5) is 10.1 Å². The van der Waals surface area contributed by atoms with Crippen LogP contribution in [-0.4, -0.2) is 41.9 Å². The lowest BCUT2D eigenvalue weighted by atomic mass is 10.0. The second kappa shape index (κ2) is 7.66. The van der Waals surface area contributed by atoms with Crippen LogP contribution in [0.25, 0.3) is 0 Å². The van der Waals surface area contributed by atoms with Gasteiger partial charge in [-0.15, -0.1) is 0 Å². The summed E-state index contributed by atoms with van der Waals surface area (Å²) >= 11 is 0. The van der Waals surface area contributed by atoms with Crippen LogP contribution in [0.15, 0.2) is 48.5 Å². The van der Waals surface area contributed by atoms with Gasteiger partial charge in [-0.05, 0) is 42.9 Å². The average molecular weight is 341 g/mol. The lowest BCUT2D eigenvalue weighted by molar-refractivity contribution is 0.0660. The Morgan fingerprint density at radius 1 is 1.08 bits per heavy atom. The number of benzene rings is 2. The summed E-state index contributed by atoms with van der Waals surface area (Å²) in [6.07, 6.45) is -0.293. The summed E-state index contributed by atoms with van der Waals surface area (Å²) in [6, 6.07) is 13.9. The zero-order valence-electron chi connectivity index (χ0n) is 14.7. The SMILES string of the molecule is CCN(CC)CCN1C(=O)c2ccccc2NC1c1ccc(F)cc1. The molecule has 2 aromatic carbocycles. The van der Waals surface area contributed by atoms with Gasteiger partial charge >= 0.3 is 0 Å². The maximum Gasteiger partial charge on any atom is 0.257 e. The molecular formula is C20H24FN3O. The molecule has 0 aliphatic carbocycles. The largest absolute Gasteiger partial charge is 0.361 e. The number of carbonyl (C=O) groups is 1. The van der Waals surface area contributed by atoms with Gasteiger partial charge < -0.3 is 15.1 Å². The molecule has 1 aliphatic heterocycles. The van der Waals surface area contributed by atoms with E-state index in [9.17, 15) is 9.18 Å². The molecule has 1 unspecified atom stereocenters. The topological polar surface area (TPSA) is 35.6 Å². The molecule has 5 heteroatoms. The molecule has 0 fully saturated rings. The molecule has 1 aliphatic rings. The van der Waals surface area contributed by atoms with Gasteiger partial charge in [-0.3, -0.25) is 4.79 Å². The molecule has 0 aromatic heterocycles. The van der Waals surface area contributed by atoms with Crippen LogP contribution in [0.3, 0.4) is 0 Å². The van der Waals surface area contributed by atoms with Crippen LogP contribution < -0.4 is 5.32 Å². The van der Waals surface area contributed by atoms with E-state index < -0.39 is 0 Å². The molecule has 0 radical (unpaired) electrons. The van der Waals surface area contributed by atoms with Gasteiger partial charge in [0, 0.05) is 18.8 Å². The lowest BCUT2D eigenvalue weighted by Crippen LogP contribution is -2.46. The number of hydrogen-bond acceptors (Lipinski definition) is 3. The van der Waals surface area contributed by atoms with E-state index in [-0.39, 0.29) is 17.9 Å². The highest BCUT2D eigenvalue weighted by Crippen LogP contribution is 2.32. The van der Waals surface area contributed by atoms with Crippen molar-refractivity contribution in [2.75, 3.05) is 31.5 Å². The summed E-state index contributed by atoms with van der Waals surface area (Å²) < 4.78 is 13.3. The first kappa shape index (κ1) is 17.4. The summed E-state index contributed by atoms with van der Waals surface area (Å²) in [7, 11) is 0. The standard InChI is InChI=1S/C20H24FN3O/c1-3-23(4-2)13-14-24-19(15-9-11-16(21)12-10-15)22-18-8-6-5-7-17(18)20(24)25/h5-12,19,22H,3-4,13-14H2,1-2H3. The molecular weight excluding hydrogens is 317 g/mol. The molecule has 0 saturated carbocycles. The molecule has 3 rings (SSSR count). The predicted octanol–water partition coefficient (Wildman–Crippen LogP) is 3.73. The van der Waals surface area contributed by atoms with Crippen LogP contribution >= 0.6 is 0 Å². The van der Waals surface area contributed by atoms with Crippen molar-refractivity contribution in [1.29, 1.82) is 0 Å². The fourth-order valence-corrected chi connectivity index (χ4v) is 3.22. The van der Waals surface area contributed by atoms with E-state index in [1.807, 2.05) is 29.2 Å². The van der Waals surface area contributed by atoms with Gasteiger partial charge in [0.15, 0.2) is 0 Å². The minimum Gasteiger partial charge on any atom is -0.361 e. The highest BCUT2D eigenvalue weighted by molar-refractivity contribution is 6.01. The van der Waals surface area contributed by atoms with Crippen molar-refractivity contribution in [3.8, 4) is 0 Å². The van der Waals surface area contributed by atoms with Crippen molar-refractivity contribution < 1.29 is 9.18 Å². The Hall–Kier alpha value is -2.40. The second-order valence-corrected chi connectivity index (χ2v) is 6.17. The molecule has 0 spiro atoms. The number of hydrogen-bond donors (Lipinski definition) is 1. The van der Waals surface area contributed by atoms with E-state index >= 15 is 0 Å². The highest BCUT2D eigenvalue weighted by Gasteiger charge is 2.32. The quantitative estimate of drug-likeness (QED) is 0.869. The van der Waals surface area contributed by atoms with E-state index in [1.165, 1.54) is 12.1 Å². The van der Waals surface area contributed by atoms with Crippen molar-refractivity contribution in [1.82, 2.24) is 9.80 Å². The number of fused-ring (bicyclic) bond motifs is 1. The Labute approximate surface area is 148 Å². The number of halogens is 1. The van der Waals surface area contributed by atoms with Crippen molar-refractivity contribution in [2.45, 2.75) is 20.0 Å². The van der Waals surface area contributed by atoms with Gasteiger partial charge in [0.2, 0.25) is 0 Å². The smallest absolute Gasteiger partial charge is 0.257 e. The Morgan fingerprint density at radius 2 is 1.76 bits per heavy atom. The Morgan fingerprint density at radius 3 is 2.44 bits per heavy atom. The third-order valence-corrected chi connectivity index (χ3v) is 4.76. The molecule has 0 bridgehead atoms. The zero-order valence-corrected chi connectivity index (χ0v) is 14.7. The highest BCUT2D eigenvalue weighted by atomic mass is 19.1. The molecule has 132 valence electrons. The van der Waals surface area contributed by atoms with Gasteiger partial charge in [-0.2, -0.15) is 0 Å². The number of likely N-dealkylation sites (N-methyl/N-ethyl adjacent to an activating group) is 1. The van der Waals surface area contributed by atoms with Crippen molar-refractivity contribution >= 4 is 11.6 Å². The number of para-hydroxylation sites is 1. The van der Waals surface area contributed by atoms with Crippen molar-refractivity contribution in [2.24, 2.45) is 0 Å². The molecule has 1 amide bonds. The Bertz CT molecular complexity index is 728. The molecule has 1 N–H and O–H groups in total. The van der Waals surface area contributed by atoms with Crippen LogP contribution in [0.2, 0.25) is 0 Å². The summed E-state index contributed by atoms with van der Waals surface area (Å²) in [6.45, 7) is 7.55. The minimum atomic E-state index is -0.293. The summed E-state index contributed by atoms with van der Waals surface area (Å²) in [5.41, 5.74) is 2.38. The number of carbonyl (C=O) groups excluding carboxylic acids is 1. The number of anilines is 1. The summed E-state index contributed by atoms with van der Waals surface area (Å²) in [5, 5.41) is 3.44. The predicted molar refractivity (Wildman–Crippen MR) is 98.0 cm³/mol. The number of rotatable bonds is 6. The third kappa shape index (κ3) is 3.66. The molecule has 25 heavy (non-hydrogen) atoms. The number of nitrogens with zero attached hydrogens (tertiary/aromatic N) is 2. The maximum atomic E-state index is 13.3. The van der Waals surface area contributed by atoms with E-state index in [0.717, 1.165) is 30.9 Å². The van der Waals surface area contributed by atoms with Crippen LogP contribution in [-0.2, 0) is 0 Å². The van der Waals surface area contributed by atoms with E-state index in [4.69, 9.17) is 0 Å². The first-order valence-corrected chi connectivity index (χ1v) is 8.78. The molecule has 0 saturated heterocycles. The van der Waals surface area contributed by atoms with Gasteiger partial charge in [0.25, 0.3) is 5.91 Å². The fourth-order valence-electron chi connectivity index (χ4n) is 3.22. The van der Waals surface area contributed by atoms with Crippen molar-refractivity contribution in [3.05, 3.63) is 65.5 Å². The molecule has 4 nitrogen and oxygen atoms in total. The average Bonchev–Trinajstić information content (AvgIpc) is 2.64. The van der Waals surface area contributed by atoms with E-state index in [0.29, 0.717) is 12.1 Å². The monoisotopic (exact) mass is 341 g/mol. The lowest BCUT2D eigenvalue weighted by Gasteiger charge is -2.39. The Kier molecular flexibility index (Phi) is 5.34. The van der Waals surface area contributed by atoms with Crippen LogP contribution in [0.1, 0.15) is 35.9 Å². The minimum absolute atomic E-state index is 0.0100. The van der Waals surface area contributed by atoms with E-state index in [1.54, 1.807) is 12.1 Å². The molecule has 2 aromatic rings. The van der Waals surface area contributed by atoms with Crippen molar-refractivity contribution in [3.63, 3.8) is 0 Å². The number of nitrogens with one attached hydrogen (secondary N) is 1. The summed E-state index contributed by atoms with van der Waals surface area (Å²) in [5.74, 6) is -0.267. The molecule has 1 atom stereocenters. The van der Waals surface area contributed by atoms with Gasteiger partial charge in [0.05, 0.1) is 5.56 Å². The van der Waals surface area contributed by atoms with Gasteiger partial charge in [-0.25, -0.2) is 4.39 Å². The Balaban J connectivity index is 1.91. The molecule has 1 heterocycles. The summed E-state index contributed by atoms with van der Waals surface area (Å²) in [4.78, 5) is 17.2. The first-order valence-electron chi connectivity index (χ1n) is 8.78. The second-order valence-electron chi connectivity index (χ2n) is 6.17. The van der Waals surface area contributed by atoms with Gasteiger partial charge in [0.1, 0.15) is 12.0 Å². The van der Waals surface area contributed by atoms with E-state index in [2.05, 4.69) is 24.1 Å². The normalized spacial score (nSPS) is 16.7. The zero-order chi connectivity index (χ0) is 17.8. The third-order valence-electron chi connectivity index (χ3n) is 4.76. The van der Waals surface area contributed by atoms with Crippen LogP contribution in [0.5, 0.6) is 0 Å².